The van der Waals surface area contributed by atoms with E-state index in [2.05, 4.69) is 0 Å². The number of ketones is 1. The molecule has 45 heavy (non-hydrogen) atoms. The lowest BCUT2D eigenvalue weighted by Crippen LogP contribution is -2.61. The van der Waals surface area contributed by atoms with Crippen molar-refractivity contribution in [2.75, 3.05) is 27.4 Å². The van der Waals surface area contributed by atoms with Crippen molar-refractivity contribution in [1.29, 1.82) is 0 Å². The van der Waals surface area contributed by atoms with Gasteiger partial charge in [0, 0.05) is 18.6 Å². The maximum Gasteiger partial charge on any atom is 0.229 e. The Morgan fingerprint density at radius 3 is 2.13 bits per heavy atom. The maximum atomic E-state index is 13.8. The molecule has 248 valence electrons. The number of methoxy groups -OCH3 is 2. The first kappa shape index (κ1) is 33.3. The minimum Gasteiger partial charge on any atom is -0.497 e. The van der Waals surface area contributed by atoms with Crippen molar-refractivity contribution in [3.05, 3.63) is 47.5 Å². The van der Waals surface area contributed by atoms with Crippen LogP contribution >= 0.6 is 0 Å². The third-order valence-corrected chi connectivity index (χ3v) is 8.19. The number of aliphatic hydroxyl groups is 7. The van der Waals surface area contributed by atoms with Crippen LogP contribution in [0, 0.1) is 0 Å². The van der Waals surface area contributed by atoms with Crippen molar-refractivity contribution in [2.24, 2.45) is 0 Å². The Labute approximate surface area is 258 Å². The summed E-state index contributed by atoms with van der Waals surface area (Å²) in [4.78, 5) is 13.8. The molecule has 0 saturated carbocycles. The third kappa shape index (κ3) is 6.59. The third-order valence-electron chi connectivity index (χ3n) is 8.19. The molecule has 15 heteroatoms. The molecule has 5 rings (SSSR count). The Morgan fingerprint density at radius 2 is 1.47 bits per heavy atom. The van der Waals surface area contributed by atoms with Crippen molar-refractivity contribution >= 4 is 5.78 Å². The van der Waals surface area contributed by atoms with Gasteiger partial charge in [-0.05, 0) is 24.6 Å². The number of benzene rings is 2. The molecule has 3 aliphatic heterocycles. The molecule has 0 spiro atoms. The molecular weight excluding hydrogens is 600 g/mol. The molecule has 2 fully saturated rings. The van der Waals surface area contributed by atoms with Crippen LogP contribution in [0.1, 0.15) is 22.8 Å². The van der Waals surface area contributed by atoms with E-state index in [0.717, 1.165) is 0 Å². The molecule has 0 amide bonds. The Bertz CT molecular complexity index is 1340. The van der Waals surface area contributed by atoms with Crippen LogP contribution < -0.4 is 18.9 Å². The van der Waals surface area contributed by atoms with Gasteiger partial charge in [-0.2, -0.15) is 0 Å². The van der Waals surface area contributed by atoms with E-state index in [0.29, 0.717) is 11.3 Å². The summed E-state index contributed by atoms with van der Waals surface area (Å²) in [6, 6.07) is 9.53. The van der Waals surface area contributed by atoms with Gasteiger partial charge in [0.25, 0.3) is 0 Å². The average Bonchev–Trinajstić information content (AvgIpc) is 3.03. The van der Waals surface area contributed by atoms with Crippen LogP contribution in [-0.4, -0.2) is 136 Å². The fourth-order valence-corrected chi connectivity index (χ4v) is 5.44. The minimum atomic E-state index is -2.00. The molecule has 0 radical (unpaired) electrons. The second-order valence-electron chi connectivity index (χ2n) is 11.3. The van der Waals surface area contributed by atoms with E-state index in [4.69, 9.17) is 33.2 Å². The number of fused-ring (bicyclic) bond motifs is 1. The second kappa shape index (κ2) is 13.3. The summed E-state index contributed by atoms with van der Waals surface area (Å²) in [5, 5.41) is 73.6. The van der Waals surface area contributed by atoms with E-state index in [-0.39, 0.29) is 35.8 Å². The van der Waals surface area contributed by atoms with E-state index >= 15 is 0 Å². The second-order valence-corrected chi connectivity index (χ2v) is 11.3. The molecule has 0 aliphatic carbocycles. The summed E-state index contributed by atoms with van der Waals surface area (Å²) >= 11 is 0. The molecule has 2 aromatic carbocycles. The van der Waals surface area contributed by atoms with Crippen molar-refractivity contribution in [1.82, 2.24) is 0 Å². The highest BCUT2D eigenvalue weighted by Crippen LogP contribution is 2.42. The quantitative estimate of drug-likeness (QED) is 0.162. The lowest BCUT2D eigenvalue weighted by atomic mass is 9.85. The van der Waals surface area contributed by atoms with Gasteiger partial charge in [-0.3, -0.25) is 4.79 Å². The van der Waals surface area contributed by atoms with E-state index < -0.39 is 79.4 Å². The molecular formula is C30H38O15. The van der Waals surface area contributed by atoms with Gasteiger partial charge < -0.3 is 68.9 Å². The lowest BCUT2D eigenvalue weighted by molar-refractivity contribution is -0.318. The number of hydrogen-bond donors (Lipinski definition) is 7. The molecule has 11 atom stereocenters. The summed E-state index contributed by atoms with van der Waals surface area (Å²) in [5.41, 5.74) is -1.53. The highest BCUT2D eigenvalue weighted by atomic mass is 16.7. The van der Waals surface area contributed by atoms with E-state index in [1.807, 2.05) is 0 Å². The Kier molecular flexibility index (Phi) is 9.86. The van der Waals surface area contributed by atoms with Gasteiger partial charge in [0.2, 0.25) is 12.1 Å². The van der Waals surface area contributed by atoms with Crippen molar-refractivity contribution < 1.29 is 73.7 Å². The molecule has 2 saturated heterocycles. The number of Topliss-reactive ketones (excluding diaryl/α,β-unsaturated/α-hetero) is 1. The van der Waals surface area contributed by atoms with Crippen LogP contribution in [0.2, 0.25) is 0 Å². The van der Waals surface area contributed by atoms with Crippen molar-refractivity contribution in [3.8, 4) is 23.0 Å². The lowest BCUT2D eigenvalue weighted by Gasteiger charge is -2.42. The van der Waals surface area contributed by atoms with Crippen LogP contribution in [0.5, 0.6) is 23.0 Å². The van der Waals surface area contributed by atoms with Crippen LogP contribution in [0.3, 0.4) is 0 Å². The number of hydrogen-bond acceptors (Lipinski definition) is 15. The Morgan fingerprint density at radius 1 is 0.822 bits per heavy atom. The van der Waals surface area contributed by atoms with Gasteiger partial charge in [0.1, 0.15) is 77.9 Å². The van der Waals surface area contributed by atoms with Crippen LogP contribution in [0.25, 0.3) is 0 Å². The molecule has 3 heterocycles. The molecule has 15 nitrogen and oxygen atoms in total. The number of aliphatic hydroxyl groups excluding tert-OH is 6. The van der Waals surface area contributed by atoms with Gasteiger partial charge in [-0.1, -0.05) is 12.1 Å². The topological polar surface area (TPSA) is 223 Å². The highest BCUT2D eigenvalue weighted by molar-refractivity contribution is 6.08. The van der Waals surface area contributed by atoms with Crippen LogP contribution in [0.4, 0.5) is 0 Å². The van der Waals surface area contributed by atoms with Gasteiger partial charge in [0.05, 0.1) is 26.9 Å². The number of rotatable bonds is 9. The summed E-state index contributed by atoms with van der Waals surface area (Å²) in [5.74, 6) is -0.0904. The van der Waals surface area contributed by atoms with Crippen molar-refractivity contribution in [2.45, 2.75) is 80.4 Å². The average molecular weight is 639 g/mol. The first-order chi connectivity index (χ1) is 21.4. The SMILES string of the molecule is COc1ccc(CC2(O)COc3cc(OC)cc(OC4OC(COC5OC(C)C(O)C(O)C5O)C(O)C(O)C4O)c3C2=O)cc1. The van der Waals surface area contributed by atoms with Gasteiger partial charge in [-0.25, -0.2) is 0 Å². The van der Waals surface area contributed by atoms with Crippen LogP contribution in [0.15, 0.2) is 36.4 Å². The highest BCUT2D eigenvalue weighted by Gasteiger charge is 2.49. The molecule has 11 unspecified atom stereocenters. The van der Waals surface area contributed by atoms with Crippen LogP contribution in [-0.2, 0) is 20.6 Å². The van der Waals surface area contributed by atoms with Gasteiger partial charge in [-0.15, -0.1) is 0 Å². The Hall–Kier alpha value is -3.09. The number of ether oxygens (including phenoxy) is 7. The Balaban J connectivity index is 1.36. The van der Waals surface area contributed by atoms with E-state index in [9.17, 15) is 40.5 Å². The zero-order valence-corrected chi connectivity index (χ0v) is 24.8. The predicted octanol–water partition coefficient (Wildman–Crippen LogP) is -1.72. The maximum absolute atomic E-state index is 13.8. The summed E-state index contributed by atoms with van der Waals surface area (Å²) in [7, 11) is 2.89. The molecule has 0 bridgehead atoms. The minimum absolute atomic E-state index is 0.0396. The molecule has 0 aromatic heterocycles. The van der Waals surface area contributed by atoms with E-state index in [1.165, 1.54) is 33.3 Å². The fraction of sp³-hybridized carbons (Fsp3) is 0.567. The van der Waals surface area contributed by atoms with Gasteiger partial charge >= 0.3 is 0 Å². The first-order valence-corrected chi connectivity index (χ1v) is 14.3. The standard InChI is InChI=1S/C30H38O15/c1-13-21(31)23(33)25(35)28(43-13)41-11-19-22(32)24(34)26(36)29(45-19)44-18-9-16(40-3)8-17-20(18)27(37)30(38,12-42-17)10-14-4-6-15(39-2)7-5-14/h4-9,13,19,21-26,28-29,31-36,38H,10-12H2,1-3H3. The fourth-order valence-electron chi connectivity index (χ4n) is 5.44. The summed E-state index contributed by atoms with van der Waals surface area (Å²) < 4.78 is 38.8. The zero-order valence-electron chi connectivity index (χ0n) is 24.8. The number of carbonyl (C=O) groups is 1. The monoisotopic (exact) mass is 638 g/mol. The summed E-state index contributed by atoms with van der Waals surface area (Å²) in [6.45, 7) is 0.579. The zero-order chi connectivity index (χ0) is 32.6. The smallest absolute Gasteiger partial charge is 0.229 e. The molecule has 7 N–H and O–H groups in total. The molecule has 2 aromatic rings. The molecule has 3 aliphatic rings. The summed E-state index contributed by atoms with van der Waals surface area (Å²) in [6.07, 6.45) is -15.3. The van der Waals surface area contributed by atoms with Gasteiger partial charge in [0.15, 0.2) is 11.9 Å². The van der Waals surface area contributed by atoms with E-state index in [1.54, 1.807) is 24.3 Å². The normalized spacial score (nSPS) is 36.5. The first-order valence-electron chi connectivity index (χ1n) is 14.3. The largest absolute Gasteiger partial charge is 0.497 e. The number of carbonyl (C=O) groups excluding carboxylic acids is 1. The van der Waals surface area contributed by atoms with Crippen molar-refractivity contribution in [3.63, 3.8) is 0 Å². The predicted molar refractivity (Wildman–Crippen MR) is 150 cm³/mol.